The third kappa shape index (κ3) is 2.24. The van der Waals surface area contributed by atoms with Crippen LogP contribution in [0.4, 0.5) is 0 Å². The molecule has 0 atom stereocenters. The van der Waals surface area contributed by atoms with Crippen molar-refractivity contribution in [3.63, 3.8) is 0 Å². The van der Waals surface area contributed by atoms with Crippen LogP contribution in [0.1, 0.15) is 11.3 Å². The summed E-state index contributed by atoms with van der Waals surface area (Å²) in [6.45, 7) is 1.55. The van der Waals surface area contributed by atoms with E-state index in [9.17, 15) is 0 Å². The highest BCUT2D eigenvalue weighted by molar-refractivity contribution is 5.82. The number of hydrogen-bond acceptors (Lipinski definition) is 3. The molecule has 0 aliphatic carbocycles. The zero-order chi connectivity index (χ0) is 12.2. The summed E-state index contributed by atoms with van der Waals surface area (Å²) in [7, 11) is 0. The number of aromatic nitrogens is 3. The van der Waals surface area contributed by atoms with Crippen LogP contribution in [0.2, 0.25) is 0 Å². The highest BCUT2D eigenvalue weighted by Crippen LogP contribution is 2.17. The normalized spacial score (nSPS) is 10.9. The molecule has 2 aromatic heterocycles. The Morgan fingerprint density at radius 3 is 2.89 bits per heavy atom. The fourth-order valence-corrected chi connectivity index (χ4v) is 2.03. The maximum atomic E-state index is 4.04. The average Bonchev–Trinajstić information content (AvgIpc) is 2.84. The lowest BCUT2D eigenvalue weighted by Crippen LogP contribution is -2.13. The van der Waals surface area contributed by atoms with Gasteiger partial charge in [0.2, 0.25) is 0 Å². The summed E-state index contributed by atoms with van der Waals surface area (Å²) in [5, 5.41) is 12.5. The van der Waals surface area contributed by atoms with E-state index < -0.39 is 0 Å². The van der Waals surface area contributed by atoms with E-state index in [0.29, 0.717) is 0 Å². The van der Waals surface area contributed by atoms with Crippen LogP contribution in [0.25, 0.3) is 10.9 Å². The second kappa shape index (κ2) is 4.98. The van der Waals surface area contributed by atoms with Crippen LogP contribution in [-0.4, -0.2) is 15.2 Å². The number of aromatic amines is 1. The van der Waals surface area contributed by atoms with E-state index in [0.717, 1.165) is 18.8 Å². The van der Waals surface area contributed by atoms with E-state index in [1.165, 1.54) is 16.5 Å². The van der Waals surface area contributed by atoms with Crippen LogP contribution in [0.15, 0.2) is 48.8 Å². The number of nitrogens with zero attached hydrogens (tertiary/aromatic N) is 2. The number of hydrogen-bond donors (Lipinski definition) is 2. The van der Waals surface area contributed by atoms with E-state index in [4.69, 9.17) is 0 Å². The van der Waals surface area contributed by atoms with E-state index in [1.54, 1.807) is 6.20 Å². The Labute approximate surface area is 105 Å². The minimum Gasteiger partial charge on any atom is -0.361 e. The van der Waals surface area contributed by atoms with Crippen LogP contribution < -0.4 is 5.32 Å². The molecule has 3 rings (SSSR count). The number of para-hydroxylation sites is 1. The van der Waals surface area contributed by atoms with Crippen molar-refractivity contribution < 1.29 is 0 Å². The van der Waals surface area contributed by atoms with Gasteiger partial charge in [-0.25, -0.2) is 0 Å². The van der Waals surface area contributed by atoms with Gasteiger partial charge in [0.1, 0.15) is 0 Å². The molecule has 0 radical (unpaired) electrons. The van der Waals surface area contributed by atoms with Crippen LogP contribution in [0, 0.1) is 0 Å². The Balaban J connectivity index is 1.67. The van der Waals surface area contributed by atoms with Gasteiger partial charge in [-0.15, -0.1) is 0 Å². The molecule has 18 heavy (non-hydrogen) atoms. The van der Waals surface area contributed by atoms with Gasteiger partial charge in [0.05, 0.1) is 5.69 Å². The summed E-state index contributed by atoms with van der Waals surface area (Å²) in [5.74, 6) is 0. The zero-order valence-corrected chi connectivity index (χ0v) is 9.93. The maximum Gasteiger partial charge on any atom is 0.0769 e. The Hall–Kier alpha value is -2.20. The molecule has 0 bridgehead atoms. The summed E-state index contributed by atoms with van der Waals surface area (Å²) in [6.07, 6.45) is 3.73. The molecule has 3 aromatic rings. The molecule has 0 amide bonds. The summed E-state index contributed by atoms with van der Waals surface area (Å²) < 4.78 is 0. The molecule has 90 valence electrons. The molecule has 0 saturated carbocycles. The van der Waals surface area contributed by atoms with Gasteiger partial charge in [0.15, 0.2) is 0 Å². The molecule has 4 nitrogen and oxygen atoms in total. The summed E-state index contributed by atoms with van der Waals surface area (Å²) >= 11 is 0. The lowest BCUT2D eigenvalue weighted by molar-refractivity contribution is 0.672. The predicted molar refractivity (Wildman–Crippen MR) is 70.9 cm³/mol. The van der Waals surface area contributed by atoms with Crippen molar-refractivity contribution >= 4 is 10.9 Å². The summed E-state index contributed by atoms with van der Waals surface area (Å²) in [4.78, 5) is 3.27. The predicted octanol–water partition coefficient (Wildman–Crippen LogP) is 2.25. The van der Waals surface area contributed by atoms with E-state index in [1.807, 2.05) is 24.4 Å². The number of H-pyrrole nitrogens is 1. The van der Waals surface area contributed by atoms with E-state index in [-0.39, 0.29) is 0 Å². The van der Waals surface area contributed by atoms with Crippen molar-refractivity contribution in [2.24, 2.45) is 0 Å². The molecule has 0 spiro atoms. The Bertz CT molecular complexity index is 630. The van der Waals surface area contributed by atoms with E-state index in [2.05, 4.69) is 38.7 Å². The minimum absolute atomic E-state index is 0.730. The molecule has 0 saturated heterocycles. The third-order valence-corrected chi connectivity index (χ3v) is 2.92. The smallest absolute Gasteiger partial charge is 0.0769 e. The number of rotatable bonds is 4. The van der Waals surface area contributed by atoms with Crippen molar-refractivity contribution in [3.8, 4) is 0 Å². The number of fused-ring (bicyclic) bond motifs is 1. The first-order valence-electron chi connectivity index (χ1n) is 5.96. The third-order valence-electron chi connectivity index (χ3n) is 2.92. The van der Waals surface area contributed by atoms with Gasteiger partial charge >= 0.3 is 0 Å². The molecule has 2 N–H and O–H groups in total. The van der Waals surface area contributed by atoms with Gasteiger partial charge in [-0.05, 0) is 23.8 Å². The number of nitrogens with one attached hydrogen (secondary N) is 2. The van der Waals surface area contributed by atoms with Gasteiger partial charge in [0, 0.05) is 36.4 Å². The second-order valence-electron chi connectivity index (χ2n) is 4.18. The van der Waals surface area contributed by atoms with Gasteiger partial charge in [-0.2, -0.15) is 10.2 Å². The van der Waals surface area contributed by atoms with Gasteiger partial charge < -0.3 is 10.3 Å². The molecule has 0 unspecified atom stereocenters. The molecule has 0 aliphatic rings. The first-order valence-corrected chi connectivity index (χ1v) is 5.96. The fraction of sp³-hybridized carbons (Fsp3) is 0.143. The second-order valence-corrected chi connectivity index (χ2v) is 4.18. The van der Waals surface area contributed by atoms with Gasteiger partial charge in [-0.3, -0.25) is 0 Å². The van der Waals surface area contributed by atoms with E-state index >= 15 is 0 Å². The van der Waals surface area contributed by atoms with Crippen molar-refractivity contribution in [3.05, 3.63) is 60.0 Å². The highest BCUT2D eigenvalue weighted by atomic mass is 15.1. The Morgan fingerprint density at radius 2 is 2.00 bits per heavy atom. The standard InChI is InChI=1S/C14H14N4/c1-2-6-14-13(5-1)11(9-16-14)8-15-10-12-4-3-7-17-18-12/h1-7,9,15-16H,8,10H2. The lowest BCUT2D eigenvalue weighted by Gasteiger charge is -2.02. The van der Waals surface area contributed by atoms with Crippen LogP contribution >= 0.6 is 0 Å². The quantitative estimate of drug-likeness (QED) is 0.733. The van der Waals surface area contributed by atoms with Crippen LogP contribution in [0.5, 0.6) is 0 Å². The Kier molecular flexibility index (Phi) is 3.02. The highest BCUT2D eigenvalue weighted by Gasteiger charge is 2.02. The van der Waals surface area contributed by atoms with Crippen LogP contribution in [0.3, 0.4) is 0 Å². The topological polar surface area (TPSA) is 53.6 Å². The fourth-order valence-electron chi connectivity index (χ4n) is 2.03. The summed E-state index contributed by atoms with van der Waals surface area (Å²) in [6, 6.07) is 12.2. The molecule has 0 fully saturated rings. The SMILES string of the molecule is c1cnnc(CNCc2c[nH]c3ccccc23)c1. The van der Waals surface area contributed by atoms with Crippen molar-refractivity contribution in [2.75, 3.05) is 0 Å². The summed E-state index contributed by atoms with van der Waals surface area (Å²) in [5.41, 5.74) is 3.40. The lowest BCUT2D eigenvalue weighted by atomic mass is 10.2. The van der Waals surface area contributed by atoms with Crippen molar-refractivity contribution in [1.82, 2.24) is 20.5 Å². The first-order chi connectivity index (χ1) is 8.93. The van der Waals surface area contributed by atoms with Crippen molar-refractivity contribution in [2.45, 2.75) is 13.1 Å². The van der Waals surface area contributed by atoms with Gasteiger partial charge in [0.25, 0.3) is 0 Å². The molecular weight excluding hydrogens is 224 g/mol. The largest absolute Gasteiger partial charge is 0.361 e. The monoisotopic (exact) mass is 238 g/mol. The molecular formula is C14H14N4. The maximum absolute atomic E-state index is 4.04. The first kappa shape index (κ1) is 10.9. The molecule has 2 heterocycles. The molecule has 0 aliphatic heterocycles. The molecule has 1 aromatic carbocycles. The minimum atomic E-state index is 0.730. The zero-order valence-electron chi connectivity index (χ0n) is 9.93. The molecule has 4 heteroatoms. The average molecular weight is 238 g/mol. The Morgan fingerprint density at radius 1 is 1.06 bits per heavy atom. The van der Waals surface area contributed by atoms with Crippen molar-refractivity contribution in [1.29, 1.82) is 0 Å². The van der Waals surface area contributed by atoms with Gasteiger partial charge in [-0.1, -0.05) is 18.2 Å². The number of benzene rings is 1. The van der Waals surface area contributed by atoms with Crippen LogP contribution in [-0.2, 0) is 13.1 Å².